The maximum Gasteiger partial charge on any atom is 0.280 e. The zero-order chi connectivity index (χ0) is 22.0. The molecule has 1 amide bonds. The second-order valence-corrected chi connectivity index (χ2v) is 8.34. The van der Waals surface area contributed by atoms with E-state index in [0.29, 0.717) is 24.5 Å². The Labute approximate surface area is 182 Å². The van der Waals surface area contributed by atoms with E-state index in [1.54, 1.807) is 0 Å². The lowest BCUT2D eigenvalue weighted by Crippen LogP contribution is -3.08. The molecule has 1 unspecified atom stereocenters. The van der Waals surface area contributed by atoms with Crippen LogP contribution in [0.15, 0.2) is 18.2 Å². The van der Waals surface area contributed by atoms with Crippen LogP contribution in [0.4, 0.5) is 5.82 Å². The summed E-state index contributed by atoms with van der Waals surface area (Å²) in [6.07, 6.45) is 2.16. The van der Waals surface area contributed by atoms with Crippen LogP contribution >= 0.6 is 0 Å². The third-order valence-corrected chi connectivity index (χ3v) is 6.01. The highest BCUT2D eigenvalue weighted by atomic mass is 16.7. The largest absolute Gasteiger partial charge is 0.454 e. The predicted molar refractivity (Wildman–Crippen MR) is 114 cm³/mol. The monoisotopic (exact) mass is 425 g/mol. The van der Waals surface area contributed by atoms with Crippen molar-refractivity contribution in [2.75, 3.05) is 32.3 Å². The summed E-state index contributed by atoms with van der Waals surface area (Å²) >= 11 is 0. The molecule has 4 rings (SSSR count). The van der Waals surface area contributed by atoms with Gasteiger partial charge in [0.2, 0.25) is 6.79 Å². The molecule has 0 aliphatic carbocycles. The molecule has 2 atom stereocenters. The van der Waals surface area contributed by atoms with Crippen LogP contribution in [-0.2, 0) is 22.6 Å². The molecule has 0 saturated carbocycles. The molecule has 2 aliphatic rings. The van der Waals surface area contributed by atoms with E-state index >= 15 is 0 Å². The van der Waals surface area contributed by atoms with Crippen molar-refractivity contribution in [2.24, 2.45) is 0 Å². The number of benzene rings is 1. The number of likely N-dealkylation sites (N-methyl/N-ethyl adjacent to an activating group) is 1. The summed E-state index contributed by atoms with van der Waals surface area (Å²) in [6, 6.07) is 8.10. The van der Waals surface area contributed by atoms with Crippen LogP contribution in [0.25, 0.3) is 0 Å². The van der Waals surface area contributed by atoms with Gasteiger partial charge in [-0.05, 0) is 50.5 Å². The second-order valence-electron chi connectivity index (χ2n) is 8.34. The maximum absolute atomic E-state index is 12.8. The smallest absolute Gasteiger partial charge is 0.280 e. The van der Waals surface area contributed by atoms with Gasteiger partial charge in [-0.25, -0.2) is 0 Å². The number of nitrogens with one attached hydrogen (secondary N) is 2. The number of nitrogens with zero attached hydrogens (tertiary/aromatic N) is 2. The van der Waals surface area contributed by atoms with E-state index in [1.165, 1.54) is 0 Å². The standard InChI is InChI=1S/C23H28N4O4/c1-15-16(2)27(12-18-5-4-8-29-18)23(19(15)10-24)25-22(28)13-26(3)11-17-6-7-20-21(9-17)31-14-30-20/h6-7,9,18H,4-5,8,11-14H2,1-3H3,(H,25,28)/p+1/t18-/m1/s1. The number of quaternary nitrogens is 1. The number of hydrogen-bond donors (Lipinski definition) is 2. The molecule has 2 aromatic rings. The average Bonchev–Trinajstić information content (AvgIpc) is 3.46. The van der Waals surface area contributed by atoms with Crippen molar-refractivity contribution < 1.29 is 23.9 Å². The van der Waals surface area contributed by atoms with Crippen molar-refractivity contribution in [3.05, 3.63) is 40.6 Å². The Bertz CT molecular complexity index is 1020. The van der Waals surface area contributed by atoms with Gasteiger partial charge < -0.3 is 29.0 Å². The molecule has 1 aromatic carbocycles. The Morgan fingerprint density at radius 3 is 2.87 bits per heavy atom. The molecule has 8 heteroatoms. The van der Waals surface area contributed by atoms with Gasteiger partial charge in [0.1, 0.15) is 18.4 Å². The van der Waals surface area contributed by atoms with E-state index in [2.05, 4.69) is 11.4 Å². The van der Waals surface area contributed by atoms with Crippen molar-refractivity contribution in [1.29, 1.82) is 5.26 Å². The minimum absolute atomic E-state index is 0.118. The lowest BCUT2D eigenvalue weighted by atomic mass is 10.2. The van der Waals surface area contributed by atoms with Crippen LogP contribution in [-0.4, -0.2) is 43.6 Å². The van der Waals surface area contributed by atoms with Gasteiger partial charge in [0.05, 0.1) is 25.3 Å². The van der Waals surface area contributed by atoms with Crippen molar-refractivity contribution in [2.45, 2.75) is 45.9 Å². The van der Waals surface area contributed by atoms with Gasteiger partial charge in [-0.1, -0.05) is 0 Å². The zero-order valence-electron chi connectivity index (χ0n) is 18.3. The predicted octanol–water partition coefficient (Wildman–Crippen LogP) is 1.54. The average molecular weight is 426 g/mol. The van der Waals surface area contributed by atoms with E-state index in [-0.39, 0.29) is 25.3 Å². The first-order chi connectivity index (χ1) is 15.0. The van der Waals surface area contributed by atoms with Crippen LogP contribution in [0, 0.1) is 25.2 Å². The lowest BCUT2D eigenvalue weighted by molar-refractivity contribution is -0.885. The fourth-order valence-electron chi connectivity index (χ4n) is 4.26. The Hall–Kier alpha value is -3.02. The number of ether oxygens (including phenoxy) is 3. The van der Waals surface area contributed by atoms with Gasteiger partial charge in [-0.3, -0.25) is 4.79 Å². The maximum atomic E-state index is 12.8. The molecular weight excluding hydrogens is 396 g/mol. The third-order valence-electron chi connectivity index (χ3n) is 6.01. The quantitative estimate of drug-likeness (QED) is 0.702. The molecule has 0 radical (unpaired) electrons. The number of anilines is 1. The molecule has 8 nitrogen and oxygen atoms in total. The Balaban J connectivity index is 1.43. The van der Waals surface area contributed by atoms with Gasteiger partial charge in [0.15, 0.2) is 18.0 Å². The normalized spacial score (nSPS) is 18.1. The summed E-state index contributed by atoms with van der Waals surface area (Å²) in [7, 11) is 1.97. The molecule has 2 aliphatic heterocycles. The minimum atomic E-state index is -0.124. The summed E-state index contributed by atoms with van der Waals surface area (Å²) in [4.78, 5) is 13.9. The molecule has 1 saturated heterocycles. The summed E-state index contributed by atoms with van der Waals surface area (Å²) in [5.41, 5.74) is 3.48. The fourth-order valence-corrected chi connectivity index (χ4v) is 4.26. The number of aromatic nitrogens is 1. The van der Waals surface area contributed by atoms with Gasteiger partial charge in [0.25, 0.3) is 5.91 Å². The summed E-state index contributed by atoms with van der Waals surface area (Å²) in [6.45, 7) is 6.52. The molecule has 0 bridgehead atoms. The highest BCUT2D eigenvalue weighted by Gasteiger charge is 2.25. The number of carbonyl (C=O) groups is 1. The summed E-state index contributed by atoms with van der Waals surface area (Å²) < 4.78 is 18.6. The highest BCUT2D eigenvalue weighted by molar-refractivity contribution is 5.92. The fraction of sp³-hybridized carbons (Fsp3) is 0.478. The Morgan fingerprint density at radius 2 is 2.13 bits per heavy atom. The van der Waals surface area contributed by atoms with Crippen LogP contribution < -0.4 is 19.7 Å². The minimum Gasteiger partial charge on any atom is -0.454 e. The molecule has 31 heavy (non-hydrogen) atoms. The van der Waals surface area contributed by atoms with E-state index in [9.17, 15) is 10.1 Å². The van der Waals surface area contributed by atoms with Gasteiger partial charge in [0, 0.05) is 17.9 Å². The molecule has 2 N–H and O–H groups in total. The number of fused-ring (bicyclic) bond motifs is 1. The van der Waals surface area contributed by atoms with E-state index in [1.807, 2.05) is 43.7 Å². The lowest BCUT2D eigenvalue weighted by Gasteiger charge is -2.18. The number of rotatable bonds is 7. The number of amides is 1. The van der Waals surface area contributed by atoms with Crippen molar-refractivity contribution in [3.63, 3.8) is 0 Å². The van der Waals surface area contributed by atoms with Gasteiger partial charge in [-0.2, -0.15) is 5.26 Å². The van der Waals surface area contributed by atoms with Crippen molar-refractivity contribution >= 4 is 11.7 Å². The molecule has 1 aromatic heterocycles. The van der Waals surface area contributed by atoms with Gasteiger partial charge in [-0.15, -0.1) is 0 Å². The number of carbonyl (C=O) groups excluding carboxylic acids is 1. The van der Waals surface area contributed by atoms with Crippen molar-refractivity contribution in [1.82, 2.24) is 4.57 Å². The van der Waals surface area contributed by atoms with Gasteiger partial charge >= 0.3 is 0 Å². The molecule has 3 heterocycles. The topological polar surface area (TPSA) is 90.0 Å². The molecule has 164 valence electrons. The Kier molecular flexibility index (Phi) is 6.16. The van der Waals surface area contributed by atoms with Crippen molar-refractivity contribution in [3.8, 4) is 17.6 Å². The van der Waals surface area contributed by atoms with Crippen LogP contribution in [0.1, 0.15) is 35.2 Å². The third kappa shape index (κ3) is 4.53. The second kappa shape index (κ2) is 9.00. The first-order valence-corrected chi connectivity index (χ1v) is 10.7. The molecule has 1 fully saturated rings. The first kappa shape index (κ1) is 21.2. The molecular formula is C23H29N4O4+. The summed E-state index contributed by atoms with van der Waals surface area (Å²) in [5, 5.41) is 12.7. The summed E-state index contributed by atoms with van der Waals surface area (Å²) in [5.74, 6) is 1.95. The SMILES string of the molecule is Cc1c(C#N)c(NC(=O)C[NH+](C)Cc2ccc3c(c2)OCO3)n(C[C@H]2CCCO2)c1C. The van der Waals surface area contributed by atoms with E-state index in [4.69, 9.17) is 14.2 Å². The molecule has 0 spiro atoms. The number of hydrogen-bond acceptors (Lipinski definition) is 5. The highest BCUT2D eigenvalue weighted by Crippen LogP contribution is 2.32. The zero-order valence-corrected chi connectivity index (χ0v) is 18.3. The van der Waals surface area contributed by atoms with E-state index in [0.717, 1.165) is 52.7 Å². The van der Waals surface area contributed by atoms with E-state index < -0.39 is 0 Å². The van der Waals surface area contributed by atoms with Crippen LogP contribution in [0.3, 0.4) is 0 Å². The van der Waals surface area contributed by atoms with Crippen LogP contribution in [0.5, 0.6) is 11.5 Å². The first-order valence-electron chi connectivity index (χ1n) is 10.7. The van der Waals surface area contributed by atoms with Crippen LogP contribution in [0.2, 0.25) is 0 Å². The Morgan fingerprint density at radius 1 is 1.32 bits per heavy atom. The number of nitriles is 1.